The van der Waals surface area contributed by atoms with Crippen LogP contribution in [0.25, 0.3) is 10.9 Å². The van der Waals surface area contributed by atoms with Crippen molar-refractivity contribution in [1.29, 1.82) is 0 Å². The van der Waals surface area contributed by atoms with Crippen LogP contribution in [0.2, 0.25) is 0 Å². The summed E-state index contributed by atoms with van der Waals surface area (Å²) in [6.07, 6.45) is -0.163. The van der Waals surface area contributed by atoms with E-state index in [1.807, 2.05) is 24.3 Å². The van der Waals surface area contributed by atoms with Gasteiger partial charge in [-0.2, -0.15) is 0 Å². The Hall–Kier alpha value is -4.75. The molecule has 0 saturated heterocycles. The molecule has 1 heterocycles. The lowest BCUT2D eigenvalue weighted by atomic mass is 10.0. The number of aromatic amines is 1. The normalized spacial score (nSPS) is 14.7. The molecule has 1 aromatic heterocycles. The number of para-hydroxylation sites is 1. The van der Waals surface area contributed by atoms with Gasteiger partial charge in [0.1, 0.15) is 12.1 Å². The van der Waals surface area contributed by atoms with Gasteiger partial charge in [0, 0.05) is 23.5 Å². The lowest BCUT2D eigenvalue weighted by Crippen LogP contribution is -2.59. The molecule has 0 saturated carbocycles. The number of primary amides is 1. The van der Waals surface area contributed by atoms with Crippen LogP contribution in [0, 0.1) is 0 Å². The van der Waals surface area contributed by atoms with Crippen LogP contribution in [-0.2, 0) is 36.8 Å². The molecule has 0 bridgehead atoms. The molecule has 10 N–H and O–H groups in total. The third-order valence-electron chi connectivity index (χ3n) is 6.45. The molecule has 2 aromatic carbocycles. The highest BCUT2D eigenvalue weighted by atomic mass is 16.4. The number of benzene rings is 2. The number of fused-ring (bicyclic) bond motifs is 1. The van der Waals surface area contributed by atoms with Crippen molar-refractivity contribution in [2.45, 2.75) is 56.5 Å². The monoisotopic (exact) mass is 566 g/mol. The number of hydrogen-bond acceptors (Lipinski definition) is 7. The molecule has 3 rings (SSSR count). The van der Waals surface area contributed by atoms with Gasteiger partial charge in [-0.15, -0.1) is 0 Å². The fourth-order valence-corrected chi connectivity index (χ4v) is 4.29. The fourth-order valence-electron chi connectivity index (χ4n) is 4.29. The number of aliphatic hydroxyl groups excluding tert-OH is 1. The van der Waals surface area contributed by atoms with Crippen LogP contribution in [-0.4, -0.2) is 75.1 Å². The smallest absolute Gasteiger partial charge is 0.328 e. The van der Waals surface area contributed by atoms with Crippen LogP contribution in [0.3, 0.4) is 0 Å². The van der Waals surface area contributed by atoms with E-state index in [1.165, 1.54) is 0 Å². The molecule has 0 aliphatic carbocycles. The van der Waals surface area contributed by atoms with Crippen LogP contribution in [0.1, 0.15) is 24.5 Å². The van der Waals surface area contributed by atoms with Gasteiger partial charge in [0.2, 0.25) is 23.6 Å². The van der Waals surface area contributed by atoms with E-state index in [2.05, 4.69) is 20.9 Å². The van der Waals surface area contributed by atoms with Crippen LogP contribution < -0.4 is 27.4 Å². The number of rotatable bonds is 14. The minimum atomic E-state index is -1.70. The molecule has 13 nitrogen and oxygen atoms in total. The number of nitrogens with two attached hydrogens (primary N) is 2. The number of amides is 4. The number of nitrogens with one attached hydrogen (secondary N) is 4. The first-order valence-corrected chi connectivity index (χ1v) is 12.9. The van der Waals surface area contributed by atoms with Crippen molar-refractivity contribution in [3.8, 4) is 0 Å². The van der Waals surface area contributed by atoms with E-state index in [4.69, 9.17) is 11.5 Å². The topological polar surface area (TPSA) is 230 Å². The van der Waals surface area contributed by atoms with Crippen molar-refractivity contribution in [3.05, 3.63) is 71.9 Å². The maximum Gasteiger partial charge on any atom is 0.328 e. The lowest BCUT2D eigenvalue weighted by Gasteiger charge is -2.25. The molecule has 5 unspecified atom stereocenters. The van der Waals surface area contributed by atoms with Gasteiger partial charge < -0.3 is 42.6 Å². The van der Waals surface area contributed by atoms with Crippen molar-refractivity contribution in [1.82, 2.24) is 20.9 Å². The number of hydrogen-bond donors (Lipinski definition) is 8. The van der Waals surface area contributed by atoms with E-state index >= 15 is 0 Å². The Balaban J connectivity index is 1.78. The molecule has 3 aromatic rings. The maximum atomic E-state index is 13.4. The lowest BCUT2D eigenvalue weighted by molar-refractivity contribution is -0.145. The third-order valence-corrected chi connectivity index (χ3v) is 6.45. The molecule has 13 heteroatoms. The zero-order chi connectivity index (χ0) is 30.1. The minimum Gasteiger partial charge on any atom is -0.480 e. The number of carboxylic acids is 1. The predicted molar refractivity (Wildman–Crippen MR) is 149 cm³/mol. The Labute approximate surface area is 235 Å². The highest BCUT2D eigenvalue weighted by Crippen LogP contribution is 2.19. The first kappa shape index (κ1) is 30.8. The van der Waals surface area contributed by atoms with E-state index in [-0.39, 0.29) is 12.8 Å². The summed E-state index contributed by atoms with van der Waals surface area (Å²) in [4.78, 5) is 65.5. The van der Waals surface area contributed by atoms with Gasteiger partial charge >= 0.3 is 5.97 Å². The standard InChI is InChI=1S/C28H34N6O7/c1-15(35)24(28(40)41)34-27(39)22(13-23(30)36)33-26(38)21(11-16-7-3-2-4-8-16)32-25(37)19(29)12-17-14-31-20-10-6-5-9-18(17)20/h2-10,14-15,19,21-22,24,31,35H,11-13,29H2,1H3,(H2,30,36)(H,32,37)(H,33,38)(H,34,39)(H,40,41). The summed E-state index contributed by atoms with van der Waals surface area (Å²) in [6.45, 7) is 1.16. The molecule has 0 aliphatic heterocycles. The Morgan fingerprint density at radius 2 is 1.46 bits per heavy atom. The highest BCUT2D eigenvalue weighted by molar-refractivity contribution is 5.96. The Morgan fingerprint density at radius 3 is 2.10 bits per heavy atom. The van der Waals surface area contributed by atoms with Gasteiger partial charge in [0.15, 0.2) is 6.04 Å². The molecule has 0 radical (unpaired) electrons. The Kier molecular flexibility index (Phi) is 10.6. The van der Waals surface area contributed by atoms with Gasteiger partial charge in [-0.3, -0.25) is 19.2 Å². The molecule has 4 amide bonds. The van der Waals surface area contributed by atoms with Crippen molar-refractivity contribution >= 4 is 40.5 Å². The molecule has 218 valence electrons. The zero-order valence-electron chi connectivity index (χ0n) is 22.4. The largest absolute Gasteiger partial charge is 0.480 e. The average molecular weight is 567 g/mol. The van der Waals surface area contributed by atoms with Crippen molar-refractivity contribution < 1.29 is 34.2 Å². The average Bonchev–Trinajstić information content (AvgIpc) is 3.33. The van der Waals surface area contributed by atoms with E-state index < -0.39 is 66.3 Å². The summed E-state index contributed by atoms with van der Waals surface area (Å²) in [5.41, 5.74) is 13.9. The first-order chi connectivity index (χ1) is 19.5. The number of aromatic nitrogens is 1. The van der Waals surface area contributed by atoms with E-state index in [1.54, 1.807) is 36.5 Å². The van der Waals surface area contributed by atoms with Gasteiger partial charge in [-0.25, -0.2) is 4.79 Å². The molecule has 0 aliphatic rings. The number of carboxylic acid groups (broad SMARTS) is 1. The fraction of sp³-hybridized carbons (Fsp3) is 0.321. The van der Waals surface area contributed by atoms with E-state index in [0.29, 0.717) is 5.56 Å². The van der Waals surface area contributed by atoms with Crippen molar-refractivity contribution in [2.75, 3.05) is 0 Å². The third kappa shape index (κ3) is 8.62. The van der Waals surface area contributed by atoms with Crippen LogP contribution >= 0.6 is 0 Å². The van der Waals surface area contributed by atoms with Crippen molar-refractivity contribution in [3.63, 3.8) is 0 Å². The first-order valence-electron chi connectivity index (χ1n) is 12.9. The molecular formula is C28H34N6O7. The zero-order valence-corrected chi connectivity index (χ0v) is 22.4. The molecule has 0 spiro atoms. The van der Waals surface area contributed by atoms with Gasteiger partial charge in [0.05, 0.1) is 18.6 Å². The van der Waals surface area contributed by atoms with Gasteiger partial charge in [-0.1, -0.05) is 48.5 Å². The van der Waals surface area contributed by atoms with Crippen molar-refractivity contribution in [2.24, 2.45) is 11.5 Å². The molecular weight excluding hydrogens is 532 g/mol. The Bertz CT molecular complexity index is 1390. The number of aliphatic hydroxyl groups is 1. The van der Waals surface area contributed by atoms with E-state index in [9.17, 15) is 34.2 Å². The second-order valence-corrected chi connectivity index (χ2v) is 9.72. The highest BCUT2D eigenvalue weighted by Gasteiger charge is 2.33. The summed E-state index contributed by atoms with van der Waals surface area (Å²) < 4.78 is 0. The Morgan fingerprint density at radius 1 is 0.854 bits per heavy atom. The SMILES string of the molecule is CC(O)C(NC(=O)C(CC(N)=O)NC(=O)C(Cc1ccccc1)NC(=O)C(N)Cc1c[nH]c2ccccc12)C(=O)O. The quantitative estimate of drug-likeness (QED) is 0.121. The van der Waals surface area contributed by atoms with Crippen LogP contribution in [0.4, 0.5) is 0 Å². The molecule has 41 heavy (non-hydrogen) atoms. The molecule has 5 atom stereocenters. The van der Waals surface area contributed by atoms with Gasteiger partial charge in [-0.05, 0) is 30.5 Å². The van der Waals surface area contributed by atoms with Crippen LogP contribution in [0.5, 0.6) is 0 Å². The summed E-state index contributed by atoms with van der Waals surface area (Å²) in [7, 11) is 0. The van der Waals surface area contributed by atoms with Gasteiger partial charge in [0.25, 0.3) is 0 Å². The number of carbonyl (C=O) groups excluding carboxylic acids is 4. The van der Waals surface area contributed by atoms with Crippen LogP contribution in [0.15, 0.2) is 60.8 Å². The summed E-state index contributed by atoms with van der Waals surface area (Å²) in [5.74, 6) is -4.96. The number of carbonyl (C=O) groups is 5. The summed E-state index contributed by atoms with van der Waals surface area (Å²) >= 11 is 0. The van der Waals surface area contributed by atoms with E-state index in [0.717, 1.165) is 23.4 Å². The minimum absolute atomic E-state index is 0.0224. The second kappa shape index (κ2) is 14.1. The summed E-state index contributed by atoms with van der Waals surface area (Å²) in [5, 5.41) is 27.0. The number of H-pyrrole nitrogens is 1. The maximum absolute atomic E-state index is 13.4. The molecule has 0 fully saturated rings. The summed E-state index contributed by atoms with van der Waals surface area (Å²) in [6, 6.07) is 10.8. The number of aliphatic carboxylic acids is 1. The second-order valence-electron chi connectivity index (χ2n) is 9.72. The predicted octanol–water partition coefficient (Wildman–Crippen LogP) is -0.924.